The topological polar surface area (TPSA) is 97.4 Å². The number of sulfonamides is 1. The summed E-state index contributed by atoms with van der Waals surface area (Å²) < 4.78 is 34.6. The molecule has 31 heavy (non-hydrogen) atoms. The zero-order valence-corrected chi connectivity index (χ0v) is 18.6. The van der Waals surface area contributed by atoms with Gasteiger partial charge in [0.15, 0.2) is 0 Å². The van der Waals surface area contributed by atoms with E-state index in [1.807, 2.05) is 23.1 Å². The highest BCUT2D eigenvalue weighted by Crippen LogP contribution is 2.25. The molecule has 2 aromatic rings. The molecule has 10 heteroatoms. The van der Waals surface area contributed by atoms with Crippen molar-refractivity contribution >= 4 is 15.9 Å². The first kappa shape index (κ1) is 23.0. The van der Waals surface area contributed by atoms with Crippen molar-refractivity contribution in [1.29, 1.82) is 0 Å². The molecule has 0 aromatic heterocycles. The minimum Gasteiger partial charge on any atom is -0.497 e. The standard InChI is InChI=1S/C21H27N3O6S/c1-28-18-6-9-20(29-2)17(14-18)15-23-10-12-24(13-11-23)21(25)16-4-7-19(8-5-16)31(26,27)22-30-3/h4-9,14,22H,10-13,15H2,1-3H3. The Labute approximate surface area is 182 Å². The van der Waals surface area contributed by atoms with E-state index in [4.69, 9.17) is 9.47 Å². The van der Waals surface area contributed by atoms with E-state index in [0.29, 0.717) is 25.2 Å². The summed E-state index contributed by atoms with van der Waals surface area (Å²) in [5.41, 5.74) is 1.47. The average molecular weight is 450 g/mol. The van der Waals surface area contributed by atoms with Crippen LogP contribution in [0, 0.1) is 0 Å². The lowest BCUT2D eigenvalue weighted by Gasteiger charge is -2.35. The average Bonchev–Trinajstić information content (AvgIpc) is 2.79. The number of piperazine rings is 1. The maximum atomic E-state index is 12.8. The van der Waals surface area contributed by atoms with Crippen molar-refractivity contribution in [1.82, 2.24) is 14.7 Å². The first-order valence-corrected chi connectivity index (χ1v) is 11.2. The Balaban J connectivity index is 1.60. The molecule has 0 aliphatic carbocycles. The fourth-order valence-corrected chi connectivity index (χ4v) is 4.28. The van der Waals surface area contributed by atoms with Crippen LogP contribution in [-0.2, 0) is 21.4 Å². The van der Waals surface area contributed by atoms with Gasteiger partial charge in [0.2, 0.25) is 0 Å². The Morgan fingerprint density at radius 3 is 2.23 bits per heavy atom. The lowest BCUT2D eigenvalue weighted by Crippen LogP contribution is -2.48. The second kappa shape index (κ2) is 10.1. The third kappa shape index (κ3) is 5.53. The van der Waals surface area contributed by atoms with Gasteiger partial charge in [0.1, 0.15) is 11.5 Å². The minimum absolute atomic E-state index is 0.0305. The van der Waals surface area contributed by atoms with Crippen LogP contribution in [-0.4, -0.2) is 71.6 Å². The molecule has 168 valence electrons. The van der Waals surface area contributed by atoms with Crippen LogP contribution in [0.25, 0.3) is 0 Å². The molecule has 1 aliphatic rings. The largest absolute Gasteiger partial charge is 0.497 e. The van der Waals surface area contributed by atoms with E-state index >= 15 is 0 Å². The molecule has 1 fully saturated rings. The molecule has 0 saturated carbocycles. The number of nitrogens with zero attached hydrogens (tertiary/aromatic N) is 2. The molecule has 0 unspecified atom stereocenters. The van der Waals surface area contributed by atoms with Gasteiger partial charge in [-0.15, -0.1) is 0 Å². The Morgan fingerprint density at radius 2 is 1.65 bits per heavy atom. The molecule has 3 rings (SSSR count). The molecular weight excluding hydrogens is 422 g/mol. The van der Waals surface area contributed by atoms with Gasteiger partial charge in [-0.3, -0.25) is 14.5 Å². The fourth-order valence-electron chi connectivity index (χ4n) is 3.47. The van der Waals surface area contributed by atoms with Crippen LogP contribution in [0.1, 0.15) is 15.9 Å². The van der Waals surface area contributed by atoms with E-state index in [0.717, 1.165) is 30.2 Å². The van der Waals surface area contributed by atoms with Gasteiger partial charge in [0, 0.05) is 43.9 Å². The number of hydrogen-bond acceptors (Lipinski definition) is 7. The van der Waals surface area contributed by atoms with Crippen molar-refractivity contribution in [2.75, 3.05) is 47.5 Å². The Kier molecular flexibility index (Phi) is 7.50. The maximum Gasteiger partial charge on any atom is 0.262 e. The summed E-state index contributed by atoms with van der Waals surface area (Å²) in [5.74, 6) is 1.45. The van der Waals surface area contributed by atoms with E-state index in [2.05, 4.69) is 9.74 Å². The summed E-state index contributed by atoms with van der Waals surface area (Å²) >= 11 is 0. The number of carbonyl (C=O) groups excluding carboxylic acids is 1. The molecule has 9 nitrogen and oxygen atoms in total. The number of rotatable bonds is 8. The monoisotopic (exact) mass is 449 g/mol. The van der Waals surface area contributed by atoms with Crippen molar-refractivity contribution < 1.29 is 27.5 Å². The number of methoxy groups -OCH3 is 2. The molecule has 1 amide bonds. The number of ether oxygens (including phenoxy) is 2. The number of carbonyl (C=O) groups is 1. The summed E-state index contributed by atoms with van der Waals surface area (Å²) in [4.78, 5) is 23.3. The van der Waals surface area contributed by atoms with Crippen LogP contribution in [0.4, 0.5) is 0 Å². The molecule has 0 radical (unpaired) electrons. The SMILES string of the molecule is CONS(=O)(=O)c1ccc(C(=O)N2CCN(Cc3cc(OC)ccc3OC)CC2)cc1. The van der Waals surface area contributed by atoms with Gasteiger partial charge in [-0.1, -0.05) is 4.89 Å². The van der Waals surface area contributed by atoms with Gasteiger partial charge in [0.05, 0.1) is 26.2 Å². The van der Waals surface area contributed by atoms with Crippen molar-refractivity contribution in [3.05, 3.63) is 53.6 Å². The second-order valence-electron chi connectivity index (χ2n) is 7.06. The highest BCUT2D eigenvalue weighted by Gasteiger charge is 2.23. The van der Waals surface area contributed by atoms with Gasteiger partial charge in [-0.2, -0.15) is 0 Å². The van der Waals surface area contributed by atoms with Crippen LogP contribution >= 0.6 is 0 Å². The molecule has 1 aliphatic heterocycles. The minimum atomic E-state index is -3.75. The third-order valence-electron chi connectivity index (χ3n) is 5.15. The van der Waals surface area contributed by atoms with Crippen LogP contribution in [0.2, 0.25) is 0 Å². The van der Waals surface area contributed by atoms with Crippen molar-refractivity contribution in [3.8, 4) is 11.5 Å². The molecule has 1 saturated heterocycles. The summed E-state index contributed by atoms with van der Waals surface area (Å²) in [7, 11) is 0.747. The van der Waals surface area contributed by atoms with Gasteiger partial charge in [-0.05, 0) is 42.5 Å². The van der Waals surface area contributed by atoms with Gasteiger partial charge >= 0.3 is 0 Å². The first-order chi connectivity index (χ1) is 14.9. The Bertz CT molecular complexity index is 1000. The molecule has 0 spiro atoms. The summed E-state index contributed by atoms with van der Waals surface area (Å²) in [6.07, 6.45) is 0. The van der Waals surface area contributed by atoms with Crippen molar-refractivity contribution in [3.63, 3.8) is 0 Å². The Morgan fingerprint density at radius 1 is 0.968 bits per heavy atom. The summed E-state index contributed by atoms with van der Waals surface area (Å²) in [6, 6.07) is 11.5. The molecule has 0 atom stereocenters. The number of benzene rings is 2. The van der Waals surface area contributed by atoms with Crippen molar-refractivity contribution in [2.45, 2.75) is 11.4 Å². The Hall–Kier alpha value is -2.66. The molecular formula is C21H27N3O6S. The normalized spacial score (nSPS) is 15.0. The molecule has 1 heterocycles. The zero-order valence-electron chi connectivity index (χ0n) is 17.8. The summed E-state index contributed by atoms with van der Waals surface area (Å²) in [6.45, 7) is 3.29. The second-order valence-corrected chi connectivity index (χ2v) is 8.71. The predicted molar refractivity (Wildman–Crippen MR) is 114 cm³/mol. The maximum absolute atomic E-state index is 12.8. The fraction of sp³-hybridized carbons (Fsp3) is 0.381. The lowest BCUT2D eigenvalue weighted by molar-refractivity contribution is 0.0627. The van der Waals surface area contributed by atoms with Gasteiger partial charge < -0.3 is 14.4 Å². The van der Waals surface area contributed by atoms with E-state index in [-0.39, 0.29) is 10.8 Å². The number of hydrogen-bond donors (Lipinski definition) is 1. The summed E-state index contributed by atoms with van der Waals surface area (Å²) in [5, 5.41) is 0. The highest BCUT2D eigenvalue weighted by atomic mass is 32.2. The van der Waals surface area contributed by atoms with E-state index in [9.17, 15) is 13.2 Å². The van der Waals surface area contributed by atoms with E-state index in [1.165, 1.54) is 31.4 Å². The number of amides is 1. The van der Waals surface area contributed by atoms with E-state index < -0.39 is 10.0 Å². The van der Waals surface area contributed by atoms with E-state index in [1.54, 1.807) is 19.1 Å². The zero-order chi connectivity index (χ0) is 22.4. The van der Waals surface area contributed by atoms with Crippen LogP contribution in [0.5, 0.6) is 11.5 Å². The highest BCUT2D eigenvalue weighted by molar-refractivity contribution is 7.89. The first-order valence-electron chi connectivity index (χ1n) is 9.75. The number of nitrogens with one attached hydrogen (secondary N) is 1. The van der Waals surface area contributed by atoms with Gasteiger partial charge in [0.25, 0.3) is 15.9 Å². The molecule has 2 aromatic carbocycles. The smallest absolute Gasteiger partial charge is 0.262 e. The van der Waals surface area contributed by atoms with Crippen LogP contribution in [0.3, 0.4) is 0 Å². The third-order valence-corrected chi connectivity index (χ3v) is 6.42. The van der Waals surface area contributed by atoms with Gasteiger partial charge in [-0.25, -0.2) is 8.42 Å². The quantitative estimate of drug-likeness (QED) is 0.610. The molecule has 1 N–H and O–H groups in total. The van der Waals surface area contributed by atoms with Crippen LogP contribution < -0.4 is 14.4 Å². The lowest BCUT2D eigenvalue weighted by atomic mass is 10.1. The van der Waals surface area contributed by atoms with Crippen LogP contribution in [0.15, 0.2) is 47.4 Å². The predicted octanol–water partition coefficient (Wildman–Crippen LogP) is 1.50. The van der Waals surface area contributed by atoms with Crippen molar-refractivity contribution in [2.24, 2.45) is 0 Å². The molecule has 0 bridgehead atoms.